The molecule has 1 N–H and O–H groups in total. The SMILES string of the molecule is COc1ccsc1C(=O)N(C)CC(=O)N1CCNCC1.Cl. The number of methoxy groups -OCH3 is 1. The van der Waals surface area contributed by atoms with E-state index in [4.69, 9.17) is 4.74 Å². The molecule has 1 aliphatic rings. The highest BCUT2D eigenvalue weighted by Gasteiger charge is 2.23. The molecule has 1 fully saturated rings. The van der Waals surface area contributed by atoms with E-state index in [-0.39, 0.29) is 30.8 Å². The van der Waals surface area contributed by atoms with Crippen molar-refractivity contribution in [1.82, 2.24) is 15.1 Å². The van der Waals surface area contributed by atoms with Crippen LogP contribution in [-0.2, 0) is 4.79 Å². The minimum atomic E-state index is -0.180. The fraction of sp³-hybridized carbons (Fsp3) is 0.538. The predicted molar refractivity (Wildman–Crippen MR) is 84.5 cm³/mol. The highest BCUT2D eigenvalue weighted by Crippen LogP contribution is 2.25. The van der Waals surface area contributed by atoms with Gasteiger partial charge in [-0.3, -0.25) is 9.59 Å². The van der Waals surface area contributed by atoms with E-state index >= 15 is 0 Å². The van der Waals surface area contributed by atoms with E-state index in [9.17, 15) is 9.59 Å². The van der Waals surface area contributed by atoms with Gasteiger partial charge in [-0.25, -0.2) is 0 Å². The van der Waals surface area contributed by atoms with E-state index in [1.807, 2.05) is 0 Å². The lowest BCUT2D eigenvalue weighted by atomic mass is 10.3. The number of nitrogens with one attached hydrogen (secondary N) is 1. The van der Waals surface area contributed by atoms with E-state index < -0.39 is 0 Å². The Bertz CT molecular complexity index is 489. The molecule has 0 atom stereocenters. The number of ether oxygens (including phenoxy) is 1. The summed E-state index contributed by atoms with van der Waals surface area (Å²) in [5.41, 5.74) is 0. The molecule has 0 saturated carbocycles. The van der Waals surface area contributed by atoms with Crippen molar-refractivity contribution < 1.29 is 14.3 Å². The van der Waals surface area contributed by atoms with Gasteiger partial charge in [-0.15, -0.1) is 23.7 Å². The van der Waals surface area contributed by atoms with Crippen molar-refractivity contribution in [1.29, 1.82) is 0 Å². The molecule has 0 unspecified atom stereocenters. The van der Waals surface area contributed by atoms with Gasteiger partial charge < -0.3 is 19.9 Å². The summed E-state index contributed by atoms with van der Waals surface area (Å²) in [6, 6.07) is 1.75. The first-order chi connectivity index (χ1) is 9.63. The Hall–Kier alpha value is -1.31. The van der Waals surface area contributed by atoms with Crippen LogP contribution < -0.4 is 10.1 Å². The van der Waals surface area contributed by atoms with Gasteiger partial charge in [0.05, 0.1) is 13.7 Å². The Balaban J connectivity index is 0.00000220. The summed E-state index contributed by atoms with van der Waals surface area (Å²) in [6.07, 6.45) is 0. The van der Waals surface area contributed by atoms with Gasteiger partial charge >= 0.3 is 0 Å². The molecule has 1 aromatic heterocycles. The minimum absolute atomic E-state index is 0. The highest BCUT2D eigenvalue weighted by atomic mass is 35.5. The molecule has 2 heterocycles. The molecule has 8 heteroatoms. The van der Waals surface area contributed by atoms with Crippen LogP contribution in [-0.4, -0.2) is 68.5 Å². The molecule has 0 aromatic carbocycles. The van der Waals surface area contributed by atoms with Gasteiger partial charge in [0.25, 0.3) is 5.91 Å². The van der Waals surface area contributed by atoms with E-state index in [0.29, 0.717) is 23.7 Å². The summed E-state index contributed by atoms with van der Waals surface area (Å²) in [4.78, 5) is 28.1. The smallest absolute Gasteiger partial charge is 0.267 e. The third-order valence-electron chi connectivity index (χ3n) is 3.23. The Morgan fingerprint density at radius 2 is 2.10 bits per heavy atom. The maximum atomic E-state index is 12.3. The fourth-order valence-corrected chi connectivity index (χ4v) is 2.93. The van der Waals surface area contributed by atoms with Crippen LogP contribution >= 0.6 is 23.7 Å². The van der Waals surface area contributed by atoms with Crippen LogP contribution in [0.25, 0.3) is 0 Å². The number of halogens is 1. The van der Waals surface area contributed by atoms with Crippen molar-refractivity contribution in [3.63, 3.8) is 0 Å². The van der Waals surface area contributed by atoms with Crippen molar-refractivity contribution in [2.24, 2.45) is 0 Å². The Labute approximate surface area is 134 Å². The number of amides is 2. The second-order valence-corrected chi connectivity index (χ2v) is 5.53. The lowest BCUT2D eigenvalue weighted by Gasteiger charge is -2.29. The zero-order chi connectivity index (χ0) is 14.5. The average molecular weight is 334 g/mol. The first-order valence-corrected chi connectivity index (χ1v) is 7.37. The minimum Gasteiger partial charge on any atom is -0.495 e. The van der Waals surface area contributed by atoms with Crippen LogP contribution in [0.3, 0.4) is 0 Å². The van der Waals surface area contributed by atoms with Crippen molar-refractivity contribution in [3.8, 4) is 5.75 Å². The normalized spacial score (nSPS) is 14.3. The van der Waals surface area contributed by atoms with E-state index in [1.165, 1.54) is 23.3 Å². The summed E-state index contributed by atoms with van der Waals surface area (Å²) in [5, 5.41) is 5.00. The van der Waals surface area contributed by atoms with Crippen molar-refractivity contribution in [3.05, 3.63) is 16.3 Å². The Kier molecular flexibility index (Phi) is 6.94. The molecule has 118 valence electrons. The number of hydrogen-bond acceptors (Lipinski definition) is 5. The van der Waals surface area contributed by atoms with E-state index in [1.54, 1.807) is 23.4 Å². The maximum Gasteiger partial charge on any atom is 0.267 e. The van der Waals surface area contributed by atoms with Gasteiger partial charge in [0.15, 0.2) is 0 Å². The summed E-state index contributed by atoms with van der Waals surface area (Å²) >= 11 is 1.32. The number of nitrogens with zero attached hydrogens (tertiary/aromatic N) is 2. The van der Waals surface area contributed by atoms with Gasteiger partial charge in [0.1, 0.15) is 10.6 Å². The van der Waals surface area contributed by atoms with E-state index in [2.05, 4.69) is 5.32 Å². The first kappa shape index (κ1) is 17.7. The maximum absolute atomic E-state index is 12.3. The quantitative estimate of drug-likeness (QED) is 0.880. The molecule has 2 rings (SSSR count). The van der Waals surface area contributed by atoms with Crippen molar-refractivity contribution in [2.45, 2.75) is 0 Å². The monoisotopic (exact) mass is 333 g/mol. The largest absolute Gasteiger partial charge is 0.495 e. The first-order valence-electron chi connectivity index (χ1n) is 6.49. The molecule has 1 aliphatic heterocycles. The summed E-state index contributed by atoms with van der Waals surface area (Å²) in [6.45, 7) is 3.11. The van der Waals surface area contributed by atoms with Crippen molar-refractivity contribution in [2.75, 3.05) is 46.9 Å². The number of thiophene rings is 1. The number of likely N-dealkylation sites (N-methyl/N-ethyl adjacent to an activating group) is 1. The Morgan fingerprint density at radius 3 is 2.71 bits per heavy atom. The van der Waals surface area contributed by atoms with Crippen LogP contribution in [0.2, 0.25) is 0 Å². The van der Waals surface area contributed by atoms with Crippen LogP contribution in [0.5, 0.6) is 5.75 Å². The molecule has 1 saturated heterocycles. The van der Waals surface area contributed by atoms with Gasteiger partial charge in [0, 0.05) is 33.2 Å². The third-order valence-corrected chi connectivity index (χ3v) is 4.12. The number of hydrogen-bond donors (Lipinski definition) is 1. The fourth-order valence-electron chi connectivity index (χ4n) is 2.08. The van der Waals surface area contributed by atoms with Crippen LogP contribution in [0.15, 0.2) is 11.4 Å². The molecule has 1 aromatic rings. The second-order valence-electron chi connectivity index (χ2n) is 4.61. The molecule has 0 bridgehead atoms. The standard InChI is InChI=1S/C13H19N3O3S.ClH/c1-15(9-11(17)16-6-4-14-5-7-16)13(18)12-10(19-2)3-8-20-12;/h3,8,14H,4-7,9H2,1-2H3;1H. The van der Waals surface area contributed by atoms with Crippen LogP contribution in [0.4, 0.5) is 0 Å². The van der Waals surface area contributed by atoms with Crippen LogP contribution in [0.1, 0.15) is 9.67 Å². The predicted octanol–water partition coefficient (Wildman–Crippen LogP) is 0.682. The molecule has 21 heavy (non-hydrogen) atoms. The van der Waals surface area contributed by atoms with Crippen molar-refractivity contribution >= 4 is 35.6 Å². The number of rotatable bonds is 4. The lowest BCUT2D eigenvalue weighted by molar-refractivity contribution is -0.132. The topological polar surface area (TPSA) is 61.9 Å². The molecule has 0 aliphatic carbocycles. The Morgan fingerprint density at radius 1 is 1.43 bits per heavy atom. The van der Waals surface area contributed by atoms with Gasteiger partial charge in [0.2, 0.25) is 5.91 Å². The zero-order valence-electron chi connectivity index (χ0n) is 12.1. The number of piperazine rings is 1. The third kappa shape index (κ3) is 4.33. The summed E-state index contributed by atoms with van der Waals surface area (Å²) < 4.78 is 5.14. The summed E-state index contributed by atoms with van der Waals surface area (Å²) in [7, 11) is 3.17. The molecular weight excluding hydrogens is 314 g/mol. The molecule has 0 radical (unpaired) electrons. The second kappa shape index (κ2) is 8.21. The number of carbonyl (C=O) groups excluding carboxylic acids is 2. The van der Waals surface area contributed by atoms with Gasteiger partial charge in [-0.2, -0.15) is 0 Å². The lowest BCUT2D eigenvalue weighted by Crippen LogP contribution is -2.49. The molecule has 0 spiro atoms. The molecule has 2 amide bonds. The van der Waals surface area contributed by atoms with E-state index in [0.717, 1.165) is 13.1 Å². The summed E-state index contributed by atoms with van der Waals surface area (Å²) in [5.74, 6) is 0.361. The molecular formula is C13H20ClN3O3S. The zero-order valence-corrected chi connectivity index (χ0v) is 13.8. The van der Waals surface area contributed by atoms with Gasteiger partial charge in [-0.05, 0) is 11.4 Å². The molecule has 6 nitrogen and oxygen atoms in total. The number of carbonyl (C=O) groups is 2. The van der Waals surface area contributed by atoms with Gasteiger partial charge in [-0.1, -0.05) is 0 Å². The highest BCUT2D eigenvalue weighted by molar-refractivity contribution is 7.12. The average Bonchev–Trinajstić information content (AvgIpc) is 2.95. The van der Waals surface area contributed by atoms with Crippen LogP contribution in [0, 0.1) is 0 Å².